The largest absolute Gasteiger partial charge is 0.341 e. The van der Waals surface area contributed by atoms with Gasteiger partial charge in [0.1, 0.15) is 5.82 Å². The second kappa shape index (κ2) is 6.72. The summed E-state index contributed by atoms with van der Waals surface area (Å²) in [6, 6.07) is 3.88. The summed E-state index contributed by atoms with van der Waals surface area (Å²) < 4.78 is 39.9. The first-order valence-corrected chi connectivity index (χ1v) is 8.60. The van der Waals surface area contributed by atoms with Crippen molar-refractivity contribution in [2.24, 2.45) is 5.73 Å². The molecule has 1 amide bonds. The third-order valence-electron chi connectivity index (χ3n) is 3.64. The molecule has 1 aromatic carbocycles. The Balaban J connectivity index is 1.95. The van der Waals surface area contributed by atoms with Crippen LogP contribution in [0.2, 0.25) is 0 Å². The number of hydrogen-bond acceptors (Lipinski definition) is 4. The van der Waals surface area contributed by atoms with Gasteiger partial charge in [0.25, 0.3) is 0 Å². The number of nitrogens with zero attached hydrogens (tertiary/aromatic N) is 1. The molecule has 1 atom stereocenters. The molecule has 1 aromatic rings. The molecule has 122 valence electrons. The van der Waals surface area contributed by atoms with E-state index in [1.165, 1.54) is 12.1 Å². The van der Waals surface area contributed by atoms with Crippen LogP contribution in [0, 0.1) is 5.82 Å². The van der Waals surface area contributed by atoms with Gasteiger partial charge >= 0.3 is 0 Å². The number of likely N-dealkylation sites (tertiary alicyclic amines) is 1. The molecule has 6 nitrogen and oxygen atoms in total. The number of nitrogens with one attached hydrogen (secondary N) is 1. The van der Waals surface area contributed by atoms with Gasteiger partial charge in [0.15, 0.2) is 0 Å². The standard InChI is InChI=1S/C14H20FN3O3S/c1-10(16)14(19)18-8-6-12(7-9-18)17-22(20,21)13-4-2-11(15)3-5-13/h2-5,10,12,17H,6-9,16H2,1H3. The topological polar surface area (TPSA) is 92.5 Å². The van der Waals surface area contributed by atoms with Crippen LogP contribution in [0.4, 0.5) is 4.39 Å². The molecule has 8 heteroatoms. The van der Waals surface area contributed by atoms with Crippen LogP contribution < -0.4 is 10.5 Å². The number of halogens is 1. The molecule has 0 saturated carbocycles. The third-order valence-corrected chi connectivity index (χ3v) is 5.18. The predicted molar refractivity (Wildman–Crippen MR) is 80.0 cm³/mol. The summed E-state index contributed by atoms with van der Waals surface area (Å²) in [5, 5.41) is 0. The lowest BCUT2D eigenvalue weighted by Crippen LogP contribution is -2.50. The molecule has 0 spiro atoms. The molecule has 0 aromatic heterocycles. The average Bonchev–Trinajstić information content (AvgIpc) is 2.47. The van der Waals surface area contributed by atoms with Gasteiger partial charge in [-0.15, -0.1) is 0 Å². The molecule has 2 rings (SSSR count). The third kappa shape index (κ3) is 4.02. The van der Waals surface area contributed by atoms with Crippen LogP contribution in [0.3, 0.4) is 0 Å². The SMILES string of the molecule is CC(N)C(=O)N1CCC(NS(=O)(=O)c2ccc(F)cc2)CC1. The van der Waals surface area contributed by atoms with Crippen LogP contribution in [-0.2, 0) is 14.8 Å². The Kier molecular flexibility index (Phi) is 5.15. The number of nitrogens with two attached hydrogens (primary N) is 1. The zero-order chi connectivity index (χ0) is 16.3. The van der Waals surface area contributed by atoms with E-state index in [1.807, 2.05) is 0 Å². The van der Waals surface area contributed by atoms with Gasteiger partial charge in [0.05, 0.1) is 10.9 Å². The lowest BCUT2D eigenvalue weighted by atomic mass is 10.1. The van der Waals surface area contributed by atoms with Crippen LogP contribution in [0.5, 0.6) is 0 Å². The van der Waals surface area contributed by atoms with Crippen LogP contribution >= 0.6 is 0 Å². The zero-order valence-electron chi connectivity index (χ0n) is 12.3. The highest BCUT2D eigenvalue weighted by molar-refractivity contribution is 7.89. The van der Waals surface area contributed by atoms with Gasteiger partial charge in [0, 0.05) is 19.1 Å². The number of carbonyl (C=O) groups excluding carboxylic acids is 1. The molecular formula is C14H20FN3O3S. The summed E-state index contributed by atoms with van der Waals surface area (Å²) in [5.41, 5.74) is 5.56. The number of sulfonamides is 1. The number of carbonyl (C=O) groups is 1. The normalized spacial score (nSPS) is 18.2. The Morgan fingerprint density at radius 2 is 1.86 bits per heavy atom. The van der Waals surface area contributed by atoms with Crippen molar-refractivity contribution in [1.82, 2.24) is 9.62 Å². The zero-order valence-corrected chi connectivity index (χ0v) is 13.1. The molecule has 0 aliphatic carbocycles. The fourth-order valence-electron chi connectivity index (χ4n) is 2.41. The molecule has 1 unspecified atom stereocenters. The fraction of sp³-hybridized carbons (Fsp3) is 0.500. The predicted octanol–water partition coefficient (Wildman–Crippen LogP) is 0.442. The van der Waals surface area contributed by atoms with Crippen molar-refractivity contribution in [2.75, 3.05) is 13.1 Å². The minimum absolute atomic E-state index is 0.0305. The fourth-order valence-corrected chi connectivity index (χ4v) is 3.71. The van der Waals surface area contributed by atoms with Gasteiger partial charge in [-0.3, -0.25) is 4.79 Å². The maximum Gasteiger partial charge on any atom is 0.240 e. The summed E-state index contributed by atoms with van der Waals surface area (Å²) in [7, 11) is -3.68. The van der Waals surface area contributed by atoms with Crippen LogP contribution in [-0.4, -0.2) is 44.4 Å². The van der Waals surface area contributed by atoms with Crippen molar-refractivity contribution >= 4 is 15.9 Å². The highest BCUT2D eigenvalue weighted by Crippen LogP contribution is 2.16. The number of hydrogen-bond donors (Lipinski definition) is 2. The molecule has 0 radical (unpaired) electrons. The van der Waals surface area contributed by atoms with E-state index in [4.69, 9.17) is 5.73 Å². The quantitative estimate of drug-likeness (QED) is 0.838. The first kappa shape index (κ1) is 16.9. The highest BCUT2D eigenvalue weighted by atomic mass is 32.2. The lowest BCUT2D eigenvalue weighted by molar-refractivity contribution is -0.133. The van der Waals surface area contributed by atoms with E-state index in [0.29, 0.717) is 25.9 Å². The summed E-state index contributed by atoms with van der Waals surface area (Å²) in [4.78, 5) is 13.4. The van der Waals surface area contributed by atoms with Crippen molar-refractivity contribution in [3.05, 3.63) is 30.1 Å². The Labute approximate surface area is 129 Å². The number of amides is 1. The Morgan fingerprint density at radius 1 is 1.32 bits per heavy atom. The second-order valence-corrected chi connectivity index (χ2v) is 7.18. The smallest absolute Gasteiger partial charge is 0.240 e. The van der Waals surface area contributed by atoms with E-state index in [0.717, 1.165) is 12.1 Å². The van der Waals surface area contributed by atoms with E-state index in [-0.39, 0.29) is 16.8 Å². The molecule has 0 bridgehead atoms. The van der Waals surface area contributed by atoms with Gasteiger partial charge in [-0.2, -0.15) is 0 Å². The summed E-state index contributed by atoms with van der Waals surface area (Å²) >= 11 is 0. The maximum absolute atomic E-state index is 12.9. The molecule has 1 saturated heterocycles. The van der Waals surface area contributed by atoms with Crippen molar-refractivity contribution in [3.63, 3.8) is 0 Å². The van der Waals surface area contributed by atoms with E-state index in [2.05, 4.69) is 4.72 Å². The molecular weight excluding hydrogens is 309 g/mol. The Bertz CT molecular complexity index is 623. The van der Waals surface area contributed by atoms with Crippen molar-refractivity contribution in [3.8, 4) is 0 Å². The van der Waals surface area contributed by atoms with Crippen molar-refractivity contribution in [1.29, 1.82) is 0 Å². The van der Waals surface area contributed by atoms with Gasteiger partial charge < -0.3 is 10.6 Å². The van der Waals surface area contributed by atoms with E-state index in [1.54, 1.807) is 11.8 Å². The van der Waals surface area contributed by atoms with Crippen molar-refractivity contribution < 1.29 is 17.6 Å². The molecule has 22 heavy (non-hydrogen) atoms. The molecule has 1 fully saturated rings. The minimum Gasteiger partial charge on any atom is -0.341 e. The van der Waals surface area contributed by atoms with Gasteiger partial charge in [-0.25, -0.2) is 17.5 Å². The number of rotatable bonds is 4. The minimum atomic E-state index is -3.68. The molecule has 1 aliphatic rings. The van der Waals surface area contributed by atoms with E-state index >= 15 is 0 Å². The van der Waals surface area contributed by atoms with E-state index in [9.17, 15) is 17.6 Å². The summed E-state index contributed by atoms with van der Waals surface area (Å²) in [5.74, 6) is -0.610. The molecule has 1 aliphatic heterocycles. The van der Waals surface area contributed by atoms with Gasteiger partial charge in [-0.1, -0.05) is 0 Å². The summed E-state index contributed by atoms with van der Waals surface area (Å²) in [6.45, 7) is 2.57. The second-order valence-electron chi connectivity index (χ2n) is 5.46. The Hall–Kier alpha value is -1.51. The van der Waals surface area contributed by atoms with Crippen LogP contribution in [0.1, 0.15) is 19.8 Å². The maximum atomic E-state index is 12.9. The monoisotopic (exact) mass is 329 g/mol. The first-order valence-electron chi connectivity index (χ1n) is 7.12. The summed E-state index contributed by atoms with van der Waals surface area (Å²) in [6.07, 6.45) is 1.05. The van der Waals surface area contributed by atoms with Gasteiger partial charge in [-0.05, 0) is 44.0 Å². The number of benzene rings is 1. The van der Waals surface area contributed by atoms with Crippen LogP contribution in [0.25, 0.3) is 0 Å². The lowest BCUT2D eigenvalue weighted by Gasteiger charge is -2.33. The Morgan fingerprint density at radius 3 is 2.36 bits per heavy atom. The first-order chi connectivity index (χ1) is 10.3. The van der Waals surface area contributed by atoms with E-state index < -0.39 is 21.9 Å². The molecule has 3 N–H and O–H groups in total. The molecule has 1 heterocycles. The number of piperidine rings is 1. The highest BCUT2D eigenvalue weighted by Gasteiger charge is 2.27. The average molecular weight is 329 g/mol. The van der Waals surface area contributed by atoms with Crippen molar-refractivity contribution in [2.45, 2.75) is 36.7 Å². The van der Waals surface area contributed by atoms with Crippen LogP contribution in [0.15, 0.2) is 29.2 Å². The van der Waals surface area contributed by atoms with Gasteiger partial charge in [0.2, 0.25) is 15.9 Å².